The van der Waals surface area contributed by atoms with Crippen molar-refractivity contribution in [2.24, 2.45) is 11.7 Å². The van der Waals surface area contributed by atoms with Gasteiger partial charge in [-0.05, 0) is 35.9 Å². The molecule has 3 aromatic rings. The van der Waals surface area contributed by atoms with Crippen molar-refractivity contribution in [1.29, 1.82) is 0 Å². The van der Waals surface area contributed by atoms with Crippen LogP contribution in [0.5, 0.6) is 0 Å². The lowest BCUT2D eigenvalue weighted by Crippen LogP contribution is -2.35. The first-order valence-electron chi connectivity index (χ1n) is 9.04. The van der Waals surface area contributed by atoms with Crippen LogP contribution in [0.4, 0.5) is 0 Å². The highest BCUT2D eigenvalue weighted by Crippen LogP contribution is 2.25. The molecular weight excluding hydrogens is 394 g/mol. The van der Waals surface area contributed by atoms with Gasteiger partial charge in [0.1, 0.15) is 0 Å². The minimum absolute atomic E-state index is 0. The second-order valence-electron chi connectivity index (χ2n) is 6.91. The topological polar surface area (TPSA) is 77.0 Å². The van der Waals surface area contributed by atoms with Crippen LogP contribution in [-0.4, -0.2) is 45.2 Å². The summed E-state index contributed by atoms with van der Waals surface area (Å²) in [6, 6.07) is 13.7. The first kappa shape index (κ1) is 22.1. The summed E-state index contributed by atoms with van der Waals surface area (Å²) >= 11 is 1.57. The van der Waals surface area contributed by atoms with Gasteiger partial charge in [-0.3, -0.25) is 4.79 Å². The van der Waals surface area contributed by atoms with E-state index in [-0.39, 0.29) is 30.2 Å². The fourth-order valence-corrected chi connectivity index (χ4v) is 3.36. The molecule has 0 aliphatic carbocycles. The minimum Gasteiger partial charge on any atom is -0.339 e. The highest BCUT2D eigenvalue weighted by atomic mass is 35.5. The number of nitrogens with two attached hydrogens (primary N) is 1. The Hall–Kier alpha value is -2.22. The number of halogens is 1. The van der Waals surface area contributed by atoms with Gasteiger partial charge >= 0.3 is 0 Å². The van der Waals surface area contributed by atoms with Crippen LogP contribution in [0.15, 0.2) is 47.8 Å². The SMILES string of the molecule is CC(C)C(N)CCN(C)C(=O)c1nc(-c2cccs2)n(-c2ccccc2)n1.Cl. The van der Waals surface area contributed by atoms with Gasteiger partial charge in [-0.25, -0.2) is 9.67 Å². The van der Waals surface area contributed by atoms with Crippen LogP contribution in [0.2, 0.25) is 0 Å². The van der Waals surface area contributed by atoms with Crippen molar-refractivity contribution in [3.05, 3.63) is 53.7 Å². The Kier molecular flexibility index (Phi) is 7.74. The molecule has 1 atom stereocenters. The van der Waals surface area contributed by atoms with Gasteiger partial charge < -0.3 is 10.6 Å². The molecule has 0 bridgehead atoms. The Balaban J connectivity index is 0.00000280. The second kappa shape index (κ2) is 9.82. The molecule has 1 aromatic carbocycles. The van der Waals surface area contributed by atoms with E-state index >= 15 is 0 Å². The summed E-state index contributed by atoms with van der Waals surface area (Å²) < 4.78 is 1.73. The average molecular weight is 420 g/mol. The maximum atomic E-state index is 12.8. The van der Waals surface area contributed by atoms with Gasteiger partial charge in [0, 0.05) is 19.6 Å². The lowest BCUT2D eigenvalue weighted by Gasteiger charge is -2.20. The van der Waals surface area contributed by atoms with Crippen LogP contribution in [-0.2, 0) is 0 Å². The molecule has 28 heavy (non-hydrogen) atoms. The van der Waals surface area contributed by atoms with Crippen LogP contribution in [0.25, 0.3) is 16.4 Å². The Morgan fingerprint density at radius 1 is 1.21 bits per heavy atom. The molecule has 1 amide bonds. The highest BCUT2D eigenvalue weighted by molar-refractivity contribution is 7.13. The fourth-order valence-electron chi connectivity index (χ4n) is 2.67. The fraction of sp³-hybridized carbons (Fsp3) is 0.350. The molecule has 150 valence electrons. The van der Waals surface area contributed by atoms with E-state index in [4.69, 9.17) is 5.73 Å². The number of aromatic nitrogens is 3. The van der Waals surface area contributed by atoms with Gasteiger partial charge in [0.05, 0.1) is 10.6 Å². The smallest absolute Gasteiger partial charge is 0.293 e. The quantitative estimate of drug-likeness (QED) is 0.630. The van der Waals surface area contributed by atoms with Gasteiger partial charge in [-0.15, -0.1) is 28.8 Å². The molecular formula is C20H26ClN5OS. The number of nitrogens with zero attached hydrogens (tertiary/aromatic N) is 4. The van der Waals surface area contributed by atoms with E-state index in [0.717, 1.165) is 17.0 Å². The normalized spacial score (nSPS) is 11.9. The molecule has 2 heterocycles. The largest absolute Gasteiger partial charge is 0.339 e. The number of carbonyl (C=O) groups is 1. The predicted molar refractivity (Wildman–Crippen MR) is 116 cm³/mol. The summed E-state index contributed by atoms with van der Waals surface area (Å²) in [7, 11) is 1.77. The van der Waals surface area contributed by atoms with Gasteiger partial charge in [0.15, 0.2) is 5.82 Å². The standard InChI is InChI=1S/C20H25N5OS.ClH/c1-14(2)16(21)11-12-24(3)20(26)18-22-19(17-10-7-13-27-17)25(23-18)15-8-5-4-6-9-15;/h4-10,13-14,16H,11-12,21H2,1-3H3;1H. The van der Waals surface area contributed by atoms with E-state index in [1.807, 2.05) is 47.8 Å². The zero-order valence-electron chi connectivity index (χ0n) is 16.3. The molecule has 3 rings (SSSR count). The molecule has 0 saturated heterocycles. The van der Waals surface area contributed by atoms with E-state index in [2.05, 4.69) is 23.9 Å². The third-order valence-corrected chi connectivity index (χ3v) is 5.41. The molecule has 0 fully saturated rings. The zero-order valence-corrected chi connectivity index (χ0v) is 17.9. The summed E-state index contributed by atoms with van der Waals surface area (Å²) in [6.45, 7) is 4.75. The monoisotopic (exact) mass is 419 g/mol. The molecule has 0 spiro atoms. The van der Waals surface area contributed by atoms with Crippen molar-refractivity contribution in [3.8, 4) is 16.4 Å². The van der Waals surface area contributed by atoms with Crippen LogP contribution < -0.4 is 5.73 Å². The van der Waals surface area contributed by atoms with Gasteiger partial charge in [0.2, 0.25) is 5.82 Å². The van der Waals surface area contributed by atoms with Crippen LogP contribution >= 0.6 is 23.7 Å². The van der Waals surface area contributed by atoms with Crippen molar-refractivity contribution >= 4 is 29.7 Å². The van der Waals surface area contributed by atoms with E-state index in [0.29, 0.717) is 18.3 Å². The van der Waals surface area contributed by atoms with Crippen molar-refractivity contribution in [2.75, 3.05) is 13.6 Å². The predicted octanol–water partition coefficient (Wildman–Crippen LogP) is 3.86. The first-order valence-corrected chi connectivity index (χ1v) is 9.92. The number of hydrogen-bond acceptors (Lipinski definition) is 5. The second-order valence-corrected chi connectivity index (χ2v) is 7.85. The first-order chi connectivity index (χ1) is 13.0. The molecule has 0 aliphatic heterocycles. The molecule has 8 heteroatoms. The van der Waals surface area contributed by atoms with Crippen LogP contribution in [0.1, 0.15) is 30.9 Å². The number of hydrogen-bond donors (Lipinski definition) is 1. The number of benzene rings is 1. The van der Waals surface area contributed by atoms with Gasteiger partial charge in [-0.1, -0.05) is 38.1 Å². The Bertz CT molecular complexity index is 879. The number of carbonyl (C=O) groups excluding carboxylic acids is 1. The third-order valence-electron chi connectivity index (χ3n) is 4.54. The van der Waals surface area contributed by atoms with E-state index in [1.54, 1.807) is 28.0 Å². The summed E-state index contributed by atoms with van der Waals surface area (Å²) in [5.41, 5.74) is 6.97. The molecule has 6 nitrogen and oxygen atoms in total. The number of thiophene rings is 1. The van der Waals surface area contributed by atoms with Crippen LogP contribution in [0, 0.1) is 5.92 Å². The molecule has 2 N–H and O–H groups in total. The molecule has 0 saturated carbocycles. The Morgan fingerprint density at radius 3 is 2.54 bits per heavy atom. The average Bonchev–Trinajstić information content (AvgIpc) is 3.35. The van der Waals surface area contributed by atoms with Crippen molar-refractivity contribution in [2.45, 2.75) is 26.3 Å². The third kappa shape index (κ3) is 4.98. The Labute approximate surface area is 175 Å². The van der Waals surface area contributed by atoms with Gasteiger partial charge in [0.25, 0.3) is 5.91 Å². The number of amides is 1. The van der Waals surface area contributed by atoms with Crippen molar-refractivity contribution in [3.63, 3.8) is 0 Å². The maximum absolute atomic E-state index is 12.8. The maximum Gasteiger partial charge on any atom is 0.293 e. The number of rotatable bonds is 7. The molecule has 0 aliphatic rings. The van der Waals surface area contributed by atoms with E-state index in [1.165, 1.54) is 0 Å². The molecule has 1 unspecified atom stereocenters. The summed E-state index contributed by atoms with van der Waals surface area (Å²) in [5, 5.41) is 6.50. The lowest BCUT2D eigenvalue weighted by molar-refractivity contribution is 0.0777. The van der Waals surface area contributed by atoms with E-state index < -0.39 is 0 Å². The zero-order chi connectivity index (χ0) is 19.4. The lowest BCUT2D eigenvalue weighted by atomic mass is 10.0. The summed E-state index contributed by atoms with van der Waals surface area (Å²) in [6.07, 6.45) is 0.747. The van der Waals surface area contributed by atoms with Gasteiger partial charge in [-0.2, -0.15) is 0 Å². The highest BCUT2D eigenvalue weighted by Gasteiger charge is 2.22. The number of para-hydroxylation sites is 1. The van der Waals surface area contributed by atoms with Crippen molar-refractivity contribution in [1.82, 2.24) is 19.7 Å². The summed E-state index contributed by atoms with van der Waals surface area (Å²) in [4.78, 5) is 20.0. The Morgan fingerprint density at radius 2 is 1.93 bits per heavy atom. The minimum atomic E-state index is -0.196. The molecule has 0 radical (unpaired) electrons. The summed E-state index contributed by atoms with van der Waals surface area (Å²) in [5.74, 6) is 1.06. The van der Waals surface area contributed by atoms with Crippen LogP contribution in [0.3, 0.4) is 0 Å². The molecule has 2 aromatic heterocycles. The van der Waals surface area contributed by atoms with Crippen molar-refractivity contribution < 1.29 is 4.79 Å². The van der Waals surface area contributed by atoms with E-state index in [9.17, 15) is 4.79 Å².